The molecule has 0 saturated carbocycles. The number of hydrogen-bond acceptors (Lipinski definition) is 2. The minimum absolute atomic E-state index is 0.0491. The molecule has 3 heteroatoms. The third kappa shape index (κ3) is 2.24. The molecule has 0 spiro atoms. The molecule has 1 unspecified atom stereocenters. The topological polar surface area (TPSA) is 26.3 Å². The summed E-state index contributed by atoms with van der Waals surface area (Å²) in [7, 11) is 0. The SMILES string of the molecule is CC1=CC(=O)CC(c2ccc(F)cc2)O1. The van der Waals surface area contributed by atoms with Crippen molar-refractivity contribution in [2.75, 3.05) is 0 Å². The van der Waals surface area contributed by atoms with Gasteiger partial charge in [-0.2, -0.15) is 0 Å². The number of rotatable bonds is 1. The zero-order valence-corrected chi connectivity index (χ0v) is 8.37. The van der Waals surface area contributed by atoms with Crippen LogP contribution in [0.2, 0.25) is 0 Å². The highest BCUT2D eigenvalue weighted by atomic mass is 19.1. The fraction of sp³-hybridized carbons (Fsp3) is 0.250. The van der Waals surface area contributed by atoms with Gasteiger partial charge >= 0.3 is 0 Å². The Morgan fingerprint density at radius 3 is 2.60 bits per heavy atom. The lowest BCUT2D eigenvalue weighted by molar-refractivity contribution is -0.118. The van der Waals surface area contributed by atoms with E-state index in [0.717, 1.165) is 5.56 Å². The number of ketones is 1. The minimum atomic E-state index is -0.284. The third-order valence-electron chi connectivity index (χ3n) is 2.32. The van der Waals surface area contributed by atoms with E-state index in [1.807, 2.05) is 0 Å². The lowest BCUT2D eigenvalue weighted by atomic mass is 10.0. The fourth-order valence-corrected chi connectivity index (χ4v) is 1.63. The second-order valence-corrected chi connectivity index (χ2v) is 3.58. The number of carbonyl (C=O) groups excluding carboxylic acids is 1. The van der Waals surface area contributed by atoms with Crippen LogP contribution in [0.25, 0.3) is 0 Å². The van der Waals surface area contributed by atoms with Gasteiger partial charge in [-0.05, 0) is 24.6 Å². The summed E-state index contributed by atoms with van der Waals surface area (Å²) in [5, 5.41) is 0. The van der Waals surface area contributed by atoms with Crippen LogP contribution in [0.15, 0.2) is 36.1 Å². The van der Waals surface area contributed by atoms with Crippen molar-refractivity contribution in [1.29, 1.82) is 0 Å². The molecule has 1 atom stereocenters. The summed E-state index contributed by atoms with van der Waals surface area (Å²) in [6.07, 6.45) is 1.53. The van der Waals surface area contributed by atoms with Gasteiger partial charge in [0.2, 0.25) is 0 Å². The van der Waals surface area contributed by atoms with Crippen LogP contribution in [0, 0.1) is 5.82 Å². The Bertz CT molecular complexity index is 406. The predicted octanol–water partition coefficient (Wildman–Crippen LogP) is 2.76. The average Bonchev–Trinajstić information content (AvgIpc) is 2.17. The van der Waals surface area contributed by atoms with Crippen LogP contribution in [-0.4, -0.2) is 5.78 Å². The van der Waals surface area contributed by atoms with Gasteiger partial charge in [-0.1, -0.05) is 12.1 Å². The molecule has 0 fully saturated rings. The average molecular weight is 206 g/mol. The summed E-state index contributed by atoms with van der Waals surface area (Å²) < 4.78 is 18.2. The highest BCUT2D eigenvalue weighted by Gasteiger charge is 2.21. The quantitative estimate of drug-likeness (QED) is 0.706. The van der Waals surface area contributed by atoms with Gasteiger partial charge in [-0.15, -0.1) is 0 Å². The molecule has 1 aliphatic heterocycles. The first kappa shape index (κ1) is 9.90. The first-order valence-corrected chi connectivity index (χ1v) is 4.78. The van der Waals surface area contributed by atoms with Gasteiger partial charge in [0, 0.05) is 6.08 Å². The molecule has 15 heavy (non-hydrogen) atoms. The van der Waals surface area contributed by atoms with Crippen molar-refractivity contribution < 1.29 is 13.9 Å². The zero-order chi connectivity index (χ0) is 10.8. The number of hydrogen-bond donors (Lipinski definition) is 0. The van der Waals surface area contributed by atoms with Crippen LogP contribution < -0.4 is 0 Å². The fourth-order valence-electron chi connectivity index (χ4n) is 1.63. The molecule has 1 aromatic carbocycles. The number of carbonyl (C=O) groups is 1. The number of ether oxygens (including phenoxy) is 1. The van der Waals surface area contributed by atoms with Crippen LogP contribution in [0.5, 0.6) is 0 Å². The van der Waals surface area contributed by atoms with Gasteiger partial charge < -0.3 is 4.74 Å². The van der Waals surface area contributed by atoms with E-state index in [9.17, 15) is 9.18 Å². The monoisotopic (exact) mass is 206 g/mol. The van der Waals surface area contributed by atoms with E-state index in [0.29, 0.717) is 12.2 Å². The van der Waals surface area contributed by atoms with E-state index in [2.05, 4.69) is 0 Å². The molecule has 0 amide bonds. The standard InChI is InChI=1S/C12H11FO2/c1-8-6-11(14)7-12(15-8)9-2-4-10(13)5-3-9/h2-6,12H,7H2,1H3. The van der Waals surface area contributed by atoms with E-state index in [1.165, 1.54) is 18.2 Å². The van der Waals surface area contributed by atoms with Crippen LogP contribution in [0.3, 0.4) is 0 Å². The summed E-state index contributed by atoms with van der Waals surface area (Å²) in [6.45, 7) is 1.74. The predicted molar refractivity (Wildman–Crippen MR) is 53.6 cm³/mol. The van der Waals surface area contributed by atoms with Crippen molar-refractivity contribution in [1.82, 2.24) is 0 Å². The Hall–Kier alpha value is -1.64. The van der Waals surface area contributed by atoms with Crippen molar-refractivity contribution in [2.24, 2.45) is 0 Å². The van der Waals surface area contributed by atoms with E-state index >= 15 is 0 Å². The third-order valence-corrected chi connectivity index (χ3v) is 2.32. The molecule has 2 rings (SSSR count). The van der Waals surface area contributed by atoms with Gasteiger partial charge in [-0.3, -0.25) is 4.79 Å². The number of allylic oxidation sites excluding steroid dienone is 2. The molecule has 2 nitrogen and oxygen atoms in total. The largest absolute Gasteiger partial charge is 0.490 e. The first-order valence-electron chi connectivity index (χ1n) is 4.78. The number of halogens is 1. The summed E-state index contributed by atoms with van der Waals surface area (Å²) >= 11 is 0. The second kappa shape index (κ2) is 3.85. The molecule has 78 valence electrons. The van der Waals surface area contributed by atoms with Crippen molar-refractivity contribution in [3.05, 3.63) is 47.5 Å². The first-order chi connectivity index (χ1) is 7.15. The van der Waals surface area contributed by atoms with Gasteiger partial charge in [0.1, 0.15) is 11.9 Å². The van der Waals surface area contributed by atoms with E-state index in [-0.39, 0.29) is 17.7 Å². The van der Waals surface area contributed by atoms with Crippen LogP contribution in [-0.2, 0) is 9.53 Å². The van der Waals surface area contributed by atoms with Gasteiger partial charge in [-0.25, -0.2) is 4.39 Å². The van der Waals surface area contributed by atoms with E-state index < -0.39 is 0 Å². The van der Waals surface area contributed by atoms with Crippen molar-refractivity contribution in [2.45, 2.75) is 19.4 Å². The molecule has 0 saturated heterocycles. The summed E-state index contributed by atoms with van der Waals surface area (Å²) in [5.41, 5.74) is 0.831. The van der Waals surface area contributed by atoms with E-state index in [4.69, 9.17) is 4.74 Å². The molecule has 1 aliphatic rings. The Morgan fingerprint density at radius 2 is 2.00 bits per heavy atom. The Balaban J connectivity index is 2.22. The molecule has 0 bridgehead atoms. The number of benzene rings is 1. The maximum atomic E-state index is 12.7. The molecule has 0 radical (unpaired) electrons. The Morgan fingerprint density at radius 1 is 1.33 bits per heavy atom. The van der Waals surface area contributed by atoms with Crippen LogP contribution >= 0.6 is 0 Å². The summed E-state index contributed by atoms with van der Waals surface area (Å²) in [4.78, 5) is 11.3. The molecule has 0 N–H and O–H groups in total. The molecule has 0 aromatic heterocycles. The maximum Gasteiger partial charge on any atom is 0.163 e. The highest BCUT2D eigenvalue weighted by Crippen LogP contribution is 2.28. The van der Waals surface area contributed by atoms with E-state index in [1.54, 1.807) is 19.1 Å². The normalized spacial score (nSPS) is 20.8. The van der Waals surface area contributed by atoms with Crippen LogP contribution in [0.4, 0.5) is 4.39 Å². The molecule has 0 aliphatic carbocycles. The van der Waals surface area contributed by atoms with Gasteiger partial charge in [0.15, 0.2) is 5.78 Å². The minimum Gasteiger partial charge on any atom is -0.490 e. The molecular weight excluding hydrogens is 195 g/mol. The second-order valence-electron chi connectivity index (χ2n) is 3.58. The zero-order valence-electron chi connectivity index (χ0n) is 8.37. The smallest absolute Gasteiger partial charge is 0.163 e. The van der Waals surface area contributed by atoms with Crippen molar-refractivity contribution in [3.8, 4) is 0 Å². The summed E-state index contributed by atoms with van der Waals surface area (Å²) in [6, 6.07) is 6.03. The van der Waals surface area contributed by atoms with Crippen LogP contribution in [0.1, 0.15) is 25.0 Å². The highest BCUT2D eigenvalue weighted by molar-refractivity contribution is 5.91. The lowest BCUT2D eigenvalue weighted by Crippen LogP contribution is -2.14. The lowest BCUT2D eigenvalue weighted by Gasteiger charge is -2.22. The summed E-state index contributed by atoms with van der Waals surface area (Å²) in [5.74, 6) is 0.377. The molecular formula is C12H11FO2. The molecule has 1 heterocycles. The Labute approximate surface area is 87.4 Å². The van der Waals surface area contributed by atoms with Gasteiger partial charge in [0.25, 0.3) is 0 Å². The van der Waals surface area contributed by atoms with Gasteiger partial charge in [0.05, 0.1) is 12.2 Å². The Kier molecular flexibility index (Phi) is 2.54. The van der Waals surface area contributed by atoms with Crippen molar-refractivity contribution in [3.63, 3.8) is 0 Å². The molecule has 1 aromatic rings. The van der Waals surface area contributed by atoms with Crippen molar-refractivity contribution >= 4 is 5.78 Å². The maximum absolute atomic E-state index is 12.7.